The Labute approximate surface area is 152 Å². The summed E-state index contributed by atoms with van der Waals surface area (Å²) >= 11 is 0. The van der Waals surface area contributed by atoms with Gasteiger partial charge in [-0.05, 0) is 50.0 Å². The van der Waals surface area contributed by atoms with E-state index in [9.17, 15) is 13.2 Å². The molecule has 0 aliphatic carbocycles. The van der Waals surface area contributed by atoms with Gasteiger partial charge < -0.3 is 20.2 Å². The van der Waals surface area contributed by atoms with Crippen molar-refractivity contribution >= 4 is 21.1 Å². The Hall–Kier alpha value is -1.68. The van der Waals surface area contributed by atoms with Crippen molar-refractivity contribution in [2.45, 2.75) is 17.7 Å². The molecule has 8 nitrogen and oxygen atoms in total. The van der Waals surface area contributed by atoms with Crippen LogP contribution in [0.5, 0.6) is 0 Å². The molecule has 2 saturated heterocycles. The van der Waals surface area contributed by atoms with E-state index in [1.54, 1.807) is 16.4 Å². The third-order valence-electron chi connectivity index (χ3n) is 5.43. The topological polar surface area (TPSA) is 101 Å². The molecule has 1 aromatic heterocycles. The van der Waals surface area contributed by atoms with Crippen LogP contribution in [0.15, 0.2) is 27.9 Å². The third-order valence-corrected chi connectivity index (χ3v) is 7.33. The molecule has 0 radical (unpaired) electrons. The van der Waals surface area contributed by atoms with E-state index in [2.05, 4.69) is 20.2 Å². The number of rotatable bonds is 4. The highest BCUT2D eigenvalue weighted by Gasteiger charge is 2.29. The van der Waals surface area contributed by atoms with Crippen molar-refractivity contribution in [1.29, 1.82) is 0 Å². The highest BCUT2D eigenvalue weighted by Crippen LogP contribution is 2.21. The van der Waals surface area contributed by atoms with Crippen LogP contribution in [-0.2, 0) is 10.0 Å². The van der Waals surface area contributed by atoms with Gasteiger partial charge in [0.25, 0.3) is 0 Å². The molecule has 0 saturated carbocycles. The number of fused-ring (bicyclic) bond motifs is 1. The molecule has 0 atom stereocenters. The van der Waals surface area contributed by atoms with E-state index in [-0.39, 0.29) is 10.6 Å². The minimum atomic E-state index is -3.54. The summed E-state index contributed by atoms with van der Waals surface area (Å²) in [4.78, 5) is 19.2. The Kier molecular flexibility index (Phi) is 4.87. The van der Waals surface area contributed by atoms with Gasteiger partial charge in [-0.3, -0.25) is 0 Å². The standard InChI is InChI=1S/C17H25N5O3S/c23-17-19-15-2-1-14(11-16(15)20-17)26(24,25)22-9-7-21(8-10-22)12-13-3-5-18-6-4-13/h1-2,11,13,18H,3-10,12H2,(H2,19,20,23). The summed E-state index contributed by atoms with van der Waals surface area (Å²) in [5.74, 6) is 0.715. The van der Waals surface area contributed by atoms with Gasteiger partial charge in [0, 0.05) is 32.7 Å². The van der Waals surface area contributed by atoms with E-state index in [0.29, 0.717) is 30.0 Å². The number of piperazine rings is 1. The first kappa shape index (κ1) is 17.7. The van der Waals surface area contributed by atoms with Gasteiger partial charge in [-0.1, -0.05) is 0 Å². The van der Waals surface area contributed by atoms with Crippen LogP contribution in [0, 0.1) is 5.92 Å². The van der Waals surface area contributed by atoms with Gasteiger partial charge >= 0.3 is 5.69 Å². The molecule has 2 aliphatic heterocycles. The number of nitrogens with one attached hydrogen (secondary N) is 3. The van der Waals surface area contributed by atoms with Gasteiger partial charge in [-0.15, -0.1) is 0 Å². The predicted molar refractivity (Wildman–Crippen MR) is 99.7 cm³/mol. The fraction of sp³-hybridized carbons (Fsp3) is 0.588. The number of aromatic nitrogens is 2. The number of hydrogen-bond acceptors (Lipinski definition) is 5. The van der Waals surface area contributed by atoms with E-state index in [4.69, 9.17) is 0 Å². The average molecular weight is 379 g/mol. The fourth-order valence-electron chi connectivity index (χ4n) is 3.90. The molecular weight excluding hydrogens is 354 g/mol. The van der Waals surface area contributed by atoms with Crippen molar-refractivity contribution in [3.63, 3.8) is 0 Å². The number of aromatic amines is 2. The van der Waals surface area contributed by atoms with E-state index < -0.39 is 10.0 Å². The zero-order valence-corrected chi connectivity index (χ0v) is 15.5. The van der Waals surface area contributed by atoms with Crippen LogP contribution in [0.1, 0.15) is 12.8 Å². The summed E-state index contributed by atoms with van der Waals surface area (Å²) in [7, 11) is -3.54. The van der Waals surface area contributed by atoms with Crippen LogP contribution in [0.2, 0.25) is 0 Å². The fourth-order valence-corrected chi connectivity index (χ4v) is 5.35. The predicted octanol–water partition coefficient (Wildman–Crippen LogP) is 0.162. The Morgan fingerprint density at radius 2 is 1.69 bits per heavy atom. The molecule has 142 valence electrons. The zero-order chi connectivity index (χ0) is 18.1. The molecule has 1 aromatic carbocycles. The lowest BCUT2D eigenvalue weighted by Crippen LogP contribution is -2.50. The number of H-pyrrole nitrogens is 2. The second kappa shape index (κ2) is 7.15. The first-order chi connectivity index (χ1) is 12.5. The van der Waals surface area contributed by atoms with Gasteiger partial charge in [-0.2, -0.15) is 4.31 Å². The van der Waals surface area contributed by atoms with Crippen LogP contribution < -0.4 is 11.0 Å². The number of hydrogen-bond donors (Lipinski definition) is 3. The van der Waals surface area contributed by atoms with Crippen LogP contribution in [-0.4, -0.2) is 73.4 Å². The van der Waals surface area contributed by atoms with E-state index in [1.807, 2.05) is 0 Å². The molecule has 3 N–H and O–H groups in total. The van der Waals surface area contributed by atoms with Crippen molar-refractivity contribution in [3.05, 3.63) is 28.7 Å². The maximum absolute atomic E-state index is 12.9. The van der Waals surface area contributed by atoms with E-state index in [1.165, 1.54) is 18.9 Å². The Morgan fingerprint density at radius 3 is 2.42 bits per heavy atom. The molecule has 0 spiro atoms. The van der Waals surface area contributed by atoms with Gasteiger partial charge in [0.2, 0.25) is 10.0 Å². The number of piperidine rings is 1. The number of nitrogens with zero attached hydrogens (tertiary/aromatic N) is 2. The minimum absolute atomic E-state index is 0.229. The van der Waals surface area contributed by atoms with Gasteiger partial charge in [-0.25, -0.2) is 13.2 Å². The Bertz CT molecular complexity index is 921. The van der Waals surface area contributed by atoms with Crippen LogP contribution in [0.3, 0.4) is 0 Å². The Balaban J connectivity index is 1.42. The summed E-state index contributed by atoms with van der Waals surface area (Å²) < 4.78 is 27.4. The lowest BCUT2D eigenvalue weighted by molar-refractivity contribution is 0.152. The van der Waals surface area contributed by atoms with Crippen LogP contribution in [0.25, 0.3) is 11.0 Å². The molecule has 9 heteroatoms. The molecule has 0 amide bonds. The smallest absolute Gasteiger partial charge is 0.317 e. The second-order valence-corrected chi connectivity index (χ2v) is 9.12. The average Bonchev–Trinajstić information content (AvgIpc) is 3.02. The van der Waals surface area contributed by atoms with Crippen molar-refractivity contribution in [1.82, 2.24) is 24.5 Å². The largest absolute Gasteiger partial charge is 0.323 e. The summed E-state index contributed by atoms with van der Waals surface area (Å²) in [5.41, 5.74) is 0.794. The number of imidazole rings is 1. The number of sulfonamides is 1. The minimum Gasteiger partial charge on any atom is -0.317 e. The first-order valence-corrected chi connectivity index (χ1v) is 10.6. The van der Waals surface area contributed by atoms with Crippen LogP contribution >= 0.6 is 0 Å². The maximum atomic E-state index is 12.9. The molecule has 0 bridgehead atoms. The quantitative estimate of drug-likeness (QED) is 0.703. The molecule has 2 aliphatic rings. The highest BCUT2D eigenvalue weighted by atomic mass is 32.2. The molecule has 4 rings (SSSR count). The Morgan fingerprint density at radius 1 is 1.00 bits per heavy atom. The van der Waals surface area contributed by atoms with Gasteiger partial charge in [0.05, 0.1) is 15.9 Å². The van der Waals surface area contributed by atoms with Crippen molar-refractivity contribution in [3.8, 4) is 0 Å². The summed E-state index contributed by atoms with van der Waals surface area (Å²) in [6.45, 7) is 5.79. The summed E-state index contributed by atoms with van der Waals surface area (Å²) in [6, 6.07) is 4.72. The first-order valence-electron chi connectivity index (χ1n) is 9.18. The third kappa shape index (κ3) is 3.57. The molecular formula is C17H25N5O3S. The van der Waals surface area contributed by atoms with E-state index in [0.717, 1.165) is 32.7 Å². The molecule has 3 heterocycles. The molecule has 0 unspecified atom stereocenters. The lowest BCUT2D eigenvalue weighted by atomic mass is 9.97. The summed E-state index contributed by atoms with van der Waals surface area (Å²) in [6.07, 6.45) is 2.40. The monoisotopic (exact) mass is 379 g/mol. The molecule has 2 fully saturated rings. The second-order valence-electron chi connectivity index (χ2n) is 7.18. The van der Waals surface area contributed by atoms with Crippen LogP contribution in [0.4, 0.5) is 0 Å². The van der Waals surface area contributed by atoms with Crippen molar-refractivity contribution < 1.29 is 8.42 Å². The van der Waals surface area contributed by atoms with E-state index >= 15 is 0 Å². The van der Waals surface area contributed by atoms with Crippen molar-refractivity contribution in [2.24, 2.45) is 5.92 Å². The normalized spacial score (nSPS) is 21.4. The lowest BCUT2D eigenvalue weighted by Gasteiger charge is -2.36. The summed E-state index contributed by atoms with van der Waals surface area (Å²) in [5, 5.41) is 3.38. The molecule has 26 heavy (non-hydrogen) atoms. The maximum Gasteiger partial charge on any atom is 0.323 e. The van der Waals surface area contributed by atoms with Gasteiger partial charge in [0.1, 0.15) is 0 Å². The highest BCUT2D eigenvalue weighted by molar-refractivity contribution is 7.89. The molecule has 2 aromatic rings. The number of benzene rings is 1. The SMILES string of the molecule is O=c1[nH]c2ccc(S(=O)(=O)N3CCN(CC4CCNCC4)CC3)cc2[nH]1. The zero-order valence-electron chi connectivity index (χ0n) is 14.7. The van der Waals surface area contributed by atoms with Gasteiger partial charge in [0.15, 0.2) is 0 Å². The van der Waals surface area contributed by atoms with Crippen molar-refractivity contribution in [2.75, 3.05) is 45.8 Å².